The largest absolute Gasteiger partial charge is 0.497 e. The number of carbonyl (C=O) groups is 2. The summed E-state index contributed by atoms with van der Waals surface area (Å²) in [5.74, 6) is -0.0262. The lowest BCUT2D eigenvalue weighted by Gasteiger charge is -2.34. The van der Waals surface area contributed by atoms with Crippen molar-refractivity contribution in [1.29, 1.82) is 0 Å². The summed E-state index contributed by atoms with van der Waals surface area (Å²) >= 11 is 0. The number of halogens is 1. The number of amides is 2. The first-order valence-corrected chi connectivity index (χ1v) is 9.27. The topological polar surface area (TPSA) is 61.9 Å². The van der Waals surface area contributed by atoms with Gasteiger partial charge < -0.3 is 15.0 Å². The molecule has 0 radical (unpaired) electrons. The molecule has 2 aromatic carbocycles. The van der Waals surface area contributed by atoms with Crippen LogP contribution < -0.4 is 10.1 Å². The van der Waals surface area contributed by atoms with E-state index in [1.807, 2.05) is 4.90 Å². The molecular weight excluding hydrogens is 361 g/mol. The first kappa shape index (κ1) is 19.8. The minimum atomic E-state index is -0.444. The number of nitrogens with one attached hydrogen (secondary N) is 1. The number of hydrogen-bond acceptors (Lipinski definition) is 4. The number of benzene rings is 2. The van der Waals surface area contributed by atoms with E-state index in [-0.39, 0.29) is 23.9 Å². The molecule has 2 amide bonds. The van der Waals surface area contributed by atoms with E-state index in [0.29, 0.717) is 44.0 Å². The van der Waals surface area contributed by atoms with Crippen LogP contribution in [0.4, 0.5) is 10.1 Å². The normalized spacial score (nSPS) is 14.6. The molecule has 0 aromatic heterocycles. The van der Waals surface area contributed by atoms with Crippen LogP contribution in [-0.4, -0.2) is 61.4 Å². The number of carbonyl (C=O) groups excluding carboxylic acids is 2. The van der Waals surface area contributed by atoms with Crippen LogP contribution in [0.15, 0.2) is 48.5 Å². The Labute approximate surface area is 163 Å². The van der Waals surface area contributed by atoms with E-state index < -0.39 is 5.82 Å². The van der Waals surface area contributed by atoms with Crippen LogP contribution in [0.5, 0.6) is 5.75 Å². The average Bonchev–Trinajstić information content (AvgIpc) is 2.74. The molecule has 0 aliphatic carbocycles. The van der Waals surface area contributed by atoms with Gasteiger partial charge in [0.1, 0.15) is 11.6 Å². The molecule has 28 heavy (non-hydrogen) atoms. The van der Waals surface area contributed by atoms with Gasteiger partial charge in [0.05, 0.1) is 12.8 Å². The second kappa shape index (κ2) is 9.32. The lowest BCUT2D eigenvalue weighted by molar-refractivity contribution is -0.116. The second-order valence-electron chi connectivity index (χ2n) is 6.64. The SMILES string of the molecule is COc1cccc(C(=O)N2CCN(CCC(=O)Nc3ccccc3F)CC2)c1. The molecule has 3 rings (SSSR count). The van der Waals surface area contributed by atoms with Crippen molar-refractivity contribution in [2.45, 2.75) is 6.42 Å². The monoisotopic (exact) mass is 385 g/mol. The molecule has 0 unspecified atom stereocenters. The van der Waals surface area contributed by atoms with Crippen LogP contribution in [0.1, 0.15) is 16.8 Å². The average molecular weight is 385 g/mol. The van der Waals surface area contributed by atoms with Crippen LogP contribution in [0, 0.1) is 5.82 Å². The fourth-order valence-corrected chi connectivity index (χ4v) is 3.15. The Morgan fingerprint density at radius 2 is 1.82 bits per heavy atom. The standard InChI is InChI=1S/C21H24FN3O3/c1-28-17-6-4-5-16(15-17)21(27)25-13-11-24(12-14-25)10-9-20(26)23-19-8-3-2-7-18(19)22/h2-8,15H,9-14H2,1H3,(H,23,26). The Bertz CT molecular complexity index is 835. The van der Waals surface area contributed by atoms with E-state index in [1.165, 1.54) is 12.1 Å². The molecule has 0 spiro atoms. The van der Waals surface area contributed by atoms with E-state index in [1.54, 1.807) is 43.5 Å². The Balaban J connectivity index is 1.44. The van der Waals surface area contributed by atoms with Crippen molar-refractivity contribution in [1.82, 2.24) is 9.80 Å². The van der Waals surface area contributed by atoms with Crippen LogP contribution in [0.2, 0.25) is 0 Å². The van der Waals surface area contributed by atoms with Gasteiger partial charge in [0, 0.05) is 44.7 Å². The van der Waals surface area contributed by atoms with E-state index in [9.17, 15) is 14.0 Å². The lowest BCUT2D eigenvalue weighted by atomic mass is 10.1. The van der Waals surface area contributed by atoms with Gasteiger partial charge in [0.25, 0.3) is 5.91 Å². The maximum absolute atomic E-state index is 13.6. The van der Waals surface area contributed by atoms with E-state index in [0.717, 1.165) is 0 Å². The van der Waals surface area contributed by atoms with E-state index in [2.05, 4.69) is 10.2 Å². The number of anilines is 1. The molecule has 1 aliphatic rings. The summed E-state index contributed by atoms with van der Waals surface area (Å²) in [6, 6.07) is 13.2. The summed E-state index contributed by atoms with van der Waals surface area (Å²) in [7, 11) is 1.57. The Hall–Kier alpha value is -2.93. The van der Waals surface area contributed by atoms with Crippen LogP contribution >= 0.6 is 0 Å². The molecule has 1 fully saturated rings. The predicted molar refractivity (Wildman–Crippen MR) is 105 cm³/mol. The summed E-state index contributed by atoms with van der Waals surface area (Å²) in [6.07, 6.45) is 0.276. The Kier molecular flexibility index (Phi) is 6.60. The molecular formula is C21H24FN3O3. The van der Waals surface area contributed by atoms with Crippen molar-refractivity contribution in [3.63, 3.8) is 0 Å². The van der Waals surface area contributed by atoms with Gasteiger partial charge in [-0.3, -0.25) is 14.5 Å². The quantitative estimate of drug-likeness (QED) is 0.830. The molecule has 0 saturated carbocycles. The van der Waals surface area contributed by atoms with Gasteiger partial charge in [-0.05, 0) is 30.3 Å². The first-order valence-electron chi connectivity index (χ1n) is 9.27. The van der Waals surface area contributed by atoms with Gasteiger partial charge >= 0.3 is 0 Å². The highest BCUT2D eigenvalue weighted by Crippen LogP contribution is 2.16. The van der Waals surface area contributed by atoms with E-state index in [4.69, 9.17) is 4.74 Å². The van der Waals surface area contributed by atoms with Gasteiger partial charge in [0.15, 0.2) is 0 Å². The zero-order valence-electron chi connectivity index (χ0n) is 15.9. The fourth-order valence-electron chi connectivity index (χ4n) is 3.15. The van der Waals surface area contributed by atoms with Crippen LogP contribution in [-0.2, 0) is 4.79 Å². The molecule has 0 atom stereocenters. The minimum absolute atomic E-state index is 0.0177. The van der Waals surface area contributed by atoms with Crippen molar-refractivity contribution in [3.05, 3.63) is 59.9 Å². The van der Waals surface area contributed by atoms with Gasteiger partial charge in [-0.25, -0.2) is 4.39 Å². The minimum Gasteiger partial charge on any atom is -0.497 e. The fraction of sp³-hybridized carbons (Fsp3) is 0.333. The molecule has 1 N–H and O–H groups in total. The number of piperazine rings is 1. The van der Waals surface area contributed by atoms with Gasteiger partial charge in [0.2, 0.25) is 5.91 Å². The van der Waals surface area contributed by atoms with E-state index >= 15 is 0 Å². The number of methoxy groups -OCH3 is 1. The number of rotatable bonds is 6. The highest BCUT2D eigenvalue weighted by Gasteiger charge is 2.22. The van der Waals surface area contributed by atoms with Crippen LogP contribution in [0.25, 0.3) is 0 Å². The zero-order chi connectivity index (χ0) is 19.9. The van der Waals surface area contributed by atoms with Crippen molar-refractivity contribution in [2.24, 2.45) is 0 Å². The summed E-state index contributed by atoms with van der Waals surface area (Å²) < 4.78 is 18.8. The molecule has 0 bridgehead atoms. The maximum Gasteiger partial charge on any atom is 0.254 e. The highest BCUT2D eigenvalue weighted by molar-refractivity contribution is 5.94. The van der Waals surface area contributed by atoms with Gasteiger partial charge in [-0.1, -0.05) is 18.2 Å². The summed E-state index contributed by atoms with van der Waals surface area (Å²) in [5, 5.41) is 2.59. The lowest BCUT2D eigenvalue weighted by Crippen LogP contribution is -2.49. The highest BCUT2D eigenvalue weighted by atomic mass is 19.1. The summed E-state index contributed by atoms with van der Waals surface area (Å²) in [4.78, 5) is 28.6. The number of hydrogen-bond donors (Lipinski definition) is 1. The smallest absolute Gasteiger partial charge is 0.254 e. The van der Waals surface area contributed by atoms with Crippen LogP contribution in [0.3, 0.4) is 0 Å². The molecule has 1 aliphatic heterocycles. The summed E-state index contributed by atoms with van der Waals surface area (Å²) in [6.45, 7) is 3.17. The van der Waals surface area contributed by atoms with Crippen molar-refractivity contribution in [3.8, 4) is 5.75 Å². The third-order valence-corrected chi connectivity index (χ3v) is 4.78. The summed E-state index contributed by atoms with van der Waals surface area (Å²) in [5.41, 5.74) is 0.804. The Morgan fingerprint density at radius 3 is 2.54 bits per heavy atom. The van der Waals surface area contributed by atoms with Crippen molar-refractivity contribution in [2.75, 3.05) is 45.2 Å². The van der Waals surface area contributed by atoms with Gasteiger partial charge in [-0.2, -0.15) is 0 Å². The Morgan fingerprint density at radius 1 is 1.07 bits per heavy atom. The molecule has 148 valence electrons. The van der Waals surface area contributed by atoms with Crippen molar-refractivity contribution >= 4 is 17.5 Å². The molecule has 7 heteroatoms. The zero-order valence-corrected chi connectivity index (χ0v) is 15.9. The third kappa shape index (κ3) is 5.07. The number of ether oxygens (including phenoxy) is 1. The third-order valence-electron chi connectivity index (χ3n) is 4.78. The second-order valence-corrected chi connectivity index (χ2v) is 6.64. The molecule has 2 aromatic rings. The number of para-hydroxylation sites is 1. The number of nitrogens with zero attached hydrogens (tertiary/aromatic N) is 2. The van der Waals surface area contributed by atoms with Crippen molar-refractivity contribution < 1.29 is 18.7 Å². The maximum atomic E-state index is 13.6. The predicted octanol–water partition coefficient (Wildman–Crippen LogP) is 2.62. The van der Waals surface area contributed by atoms with Gasteiger partial charge in [-0.15, -0.1) is 0 Å². The molecule has 1 saturated heterocycles. The molecule has 1 heterocycles. The first-order chi connectivity index (χ1) is 13.6. The molecule has 6 nitrogen and oxygen atoms in total.